The average molecular weight is 315 g/mol. The van der Waals surface area contributed by atoms with Gasteiger partial charge in [-0.1, -0.05) is 6.07 Å². The molecule has 0 spiro atoms. The highest BCUT2D eigenvalue weighted by atomic mass is 16.5. The lowest BCUT2D eigenvalue weighted by molar-refractivity contribution is 0.0629. The predicted molar refractivity (Wildman–Crippen MR) is 89.2 cm³/mol. The standard InChI is InChI=1S/C18H25N3O2/c1-14-5-6-15(11-16(14)23-10-4-8-19)17(22)21-9-3-7-18(2,12-20)13-21/h5-6,11H,3-4,7-10,13,19H2,1-2H3. The van der Waals surface area contributed by atoms with Crippen molar-refractivity contribution in [3.63, 3.8) is 0 Å². The summed E-state index contributed by atoms with van der Waals surface area (Å²) in [7, 11) is 0. The molecule has 1 amide bonds. The molecule has 0 aromatic heterocycles. The number of nitrogens with two attached hydrogens (primary N) is 1. The van der Waals surface area contributed by atoms with E-state index in [1.54, 1.807) is 11.0 Å². The van der Waals surface area contributed by atoms with Crippen LogP contribution in [0, 0.1) is 23.7 Å². The number of rotatable bonds is 5. The molecule has 0 saturated carbocycles. The van der Waals surface area contributed by atoms with E-state index in [-0.39, 0.29) is 5.91 Å². The number of amides is 1. The molecule has 1 unspecified atom stereocenters. The molecule has 1 aliphatic rings. The molecule has 1 aromatic rings. The van der Waals surface area contributed by atoms with Gasteiger partial charge in [-0.3, -0.25) is 4.79 Å². The molecule has 0 bridgehead atoms. The van der Waals surface area contributed by atoms with Crippen molar-refractivity contribution in [3.8, 4) is 11.8 Å². The normalized spacial score (nSPS) is 20.9. The van der Waals surface area contributed by atoms with Gasteiger partial charge < -0.3 is 15.4 Å². The van der Waals surface area contributed by atoms with Crippen LogP contribution in [0.1, 0.15) is 42.1 Å². The van der Waals surface area contributed by atoms with E-state index in [0.29, 0.717) is 31.8 Å². The third kappa shape index (κ3) is 4.23. The van der Waals surface area contributed by atoms with Gasteiger partial charge in [0.25, 0.3) is 5.91 Å². The molecule has 0 radical (unpaired) electrons. The van der Waals surface area contributed by atoms with Crippen LogP contribution >= 0.6 is 0 Å². The van der Waals surface area contributed by atoms with Crippen molar-refractivity contribution in [1.29, 1.82) is 5.26 Å². The second kappa shape index (κ2) is 7.47. The summed E-state index contributed by atoms with van der Waals surface area (Å²) in [5, 5.41) is 9.30. The van der Waals surface area contributed by atoms with Gasteiger partial charge in [0.05, 0.1) is 18.1 Å². The van der Waals surface area contributed by atoms with Gasteiger partial charge >= 0.3 is 0 Å². The average Bonchev–Trinajstić information content (AvgIpc) is 2.56. The number of carbonyl (C=O) groups excluding carboxylic acids is 1. The molecule has 1 heterocycles. The molecule has 23 heavy (non-hydrogen) atoms. The number of hydrogen-bond acceptors (Lipinski definition) is 4. The van der Waals surface area contributed by atoms with Crippen molar-refractivity contribution in [3.05, 3.63) is 29.3 Å². The number of nitrogens with zero attached hydrogens (tertiary/aromatic N) is 2. The third-order valence-corrected chi connectivity index (χ3v) is 4.29. The zero-order chi connectivity index (χ0) is 16.9. The second-order valence-electron chi connectivity index (χ2n) is 6.47. The number of ether oxygens (including phenoxy) is 1. The van der Waals surface area contributed by atoms with E-state index < -0.39 is 5.41 Å². The summed E-state index contributed by atoms with van der Waals surface area (Å²) in [6.07, 6.45) is 2.49. The number of hydrogen-bond donors (Lipinski definition) is 1. The first-order chi connectivity index (χ1) is 11.0. The van der Waals surface area contributed by atoms with Crippen LogP contribution < -0.4 is 10.5 Å². The minimum Gasteiger partial charge on any atom is -0.493 e. The van der Waals surface area contributed by atoms with E-state index in [9.17, 15) is 10.1 Å². The highest BCUT2D eigenvalue weighted by molar-refractivity contribution is 5.94. The second-order valence-corrected chi connectivity index (χ2v) is 6.47. The van der Waals surface area contributed by atoms with Gasteiger partial charge in [0.1, 0.15) is 5.75 Å². The molecule has 1 saturated heterocycles. The zero-order valence-electron chi connectivity index (χ0n) is 14.0. The number of piperidine rings is 1. The fraction of sp³-hybridized carbons (Fsp3) is 0.556. The highest BCUT2D eigenvalue weighted by Crippen LogP contribution is 2.30. The Morgan fingerprint density at radius 1 is 1.52 bits per heavy atom. The number of benzene rings is 1. The van der Waals surface area contributed by atoms with E-state index in [0.717, 1.165) is 30.6 Å². The lowest BCUT2D eigenvalue weighted by atomic mass is 9.83. The number of nitriles is 1. The maximum Gasteiger partial charge on any atom is 0.254 e. The molecule has 1 aliphatic heterocycles. The van der Waals surface area contributed by atoms with Crippen molar-refractivity contribution in [2.45, 2.75) is 33.1 Å². The molecular weight excluding hydrogens is 290 g/mol. The molecule has 1 atom stereocenters. The molecule has 124 valence electrons. The zero-order valence-corrected chi connectivity index (χ0v) is 14.0. The van der Waals surface area contributed by atoms with E-state index in [4.69, 9.17) is 10.5 Å². The molecule has 5 nitrogen and oxygen atoms in total. The highest BCUT2D eigenvalue weighted by Gasteiger charge is 2.33. The van der Waals surface area contributed by atoms with E-state index in [2.05, 4.69) is 6.07 Å². The maximum absolute atomic E-state index is 12.7. The Morgan fingerprint density at radius 2 is 2.30 bits per heavy atom. The van der Waals surface area contributed by atoms with Gasteiger partial charge in [0.15, 0.2) is 0 Å². The Hall–Kier alpha value is -2.06. The van der Waals surface area contributed by atoms with Crippen LogP contribution in [0.25, 0.3) is 0 Å². The predicted octanol–water partition coefficient (Wildman–Crippen LogP) is 2.49. The Morgan fingerprint density at radius 3 is 3.00 bits per heavy atom. The van der Waals surface area contributed by atoms with Crippen molar-refractivity contribution in [1.82, 2.24) is 4.90 Å². The van der Waals surface area contributed by atoms with Gasteiger partial charge in [0.2, 0.25) is 0 Å². The topological polar surface area (TPSA) is 79.3 Å². The smallest absolute Gasteiger partial charge is 0.254 e. The Balaban J connectivity index is 2.13. The summed E-state index contributed by atoms with van der Waals surface area (Å²) in [5.41, 5.74) is 6.64. The summed E-state index contributed by atoms with van der Waals surface area (Å²) in [4.78, 5) is 14.5. The van der Waals surface area contributed by atoms with Crippen LogP contribution in [0.3, 0.4) is 0 Å². The number of aryl methyl sites for hydroxylation is 1. The van der Waals surface area contributed by atoms with Crippen LogP contribution in [-0.2, 0) is 0 Å². The van der Waals surface area contributed by atoms with E-state index >= 15 is 0 Å². The fourth-order valence-corrected chi connectivity index (χ4v) is 2.84. The maximum atomic E-state index is 12.7. The lowest BCUT2D eigenvalue weighted by Gasteiger charge is -2.36. The van der Waals surface area contributed by atoms with E-state index in [1.165, 1.54) is 0 Å². The number of carbonyl (C=O) groups is 1. The lowest BCUT2D eigenvalue weighted by Crippen LogP contribution is -2.44. The molecule has 1 fully saturated rings. The van der Waals surface area contributed by atoms with Gasteiger partial charge in [-0.15, -0.1) is 0 Å². The Bertz CT molecular complexity index is 609. The monoisotopic (exact) mass is 315 g/mol. The Labute approximate surface area is 138 Å². The quantitative estimate of drug-likeness (QED) is 0.847. The van der Waals surface area contributed by atoms with Crippen LogP contribution in [0.15, 0.2) is 18.2 Å². The molecule has 2 rings (SSSR count). The summed E-state index contributed by atoms with van der Waals surface area (Å²) in [5.74, 6) is 0.694. The van der Waals surface area contributed by atoms with Crippen molar-refractivity contribution in [2.75, 3.05) is 26.2 Å². The van der Waals surface area contributed by atoms with Crippen LogP contribution in [0.2, 0.25) is 0 Å². The van der Waals surface area contributed by atoms with Crippen molar-refractivity contribution < 1.29 is 9.53 Å². The van der Waals surface area contributed by atoms with Crippen molar-refractivity contribution in [2.24, 2.45) is 11.1 Å². The summed E-state index contributed by atoms with van der Waals surface area (Å²) in [6, 6.07) is 7.87. The first-order valence-corrected chi connectivity index (χ1v) is 8.13. The third-order valence-electron chi connectivity index (χ3n) is 4.29. The summed E-state index contributed by atoms with van der Waals surface area (Å²) < 4.78 is 5.71. The van der Waals surface area contributed by atoms with Gasteiger partial charge in [-0.25, -0.2) is 0 Å². The van der Waals surface area contributed by atoms with Gasteiger partial charge in [0, 0.05) is 18.7 Å². The van der Waals surface area contributed by atoms with Crippen molar-refractivity contribution >= 4 is 5.91 Å². The minimum absolute atomic E-state index is 0.0325. The first kappa shape index (κ1) is 17.3. The summed E-state index contributed by atoms with van der Waals surface area (Å²) >= 11 is 0. The first-order valence-electron chi connectivity index (χ1n) is 8.13. The van der Waals surface area contributed by atoms with Gasteiger partial charge in [-0.05, 0) is 57.4 Å². The van der Waals surface area contributed by atoms with Crippen LogP contribution in [-0.4, -0.2) is 37.0 Å². The number of likely N-dealkylation sites (tertiary alicyclic amines) is 1. The molecule has 5 heteroatoms. The molecule has 2 N–H and O–H groups in total. The SMILES string of the molecule is Cc1ccc(C(=O)N2CCCC(C)(C#N)C2)cc1OCCCN. The van der Waals surface area contributed by atoms with E-state index in [1.807, 2.05) is 26.0 Å². The molecule has 1 aromatic carbocycles. The van der Waals surface area contributed by atoms with Crippen LogP contribution in [0.5, 0.6) is 5.75 Å². The Kier molecular flexibility index (Phi) is 5.62. The molecule has 0 aliphatic carbocycles. The largest absolute Gasteiger partial charge is 0.493 e. The van der Waals surface area contributed by atoms with Crippen LogP contribution in [0.4, 0.5) is 0 Å². The fourth-order valence-electron chi connectivity index (χ4n) is 2.84. The minimum atomic E-state index is -0.445. The summed E-state index contributed by atoms with van der Waals surface area (Å²) in [6.45, 7) is 6.19. The van der Waals surface area contributed by atoms with Gasteiger partial charge in [-0.2, -0.15) is 5.26 Å². The molecular formula is C18H25N3O2.